The third kappa shape index (κ3) is 2.69. The SMILES string of the molecule is N#CC(=C(O)[C@@H](Cl)c1ccccc1)c1nc2ccccc2s1. The summed E-state index contributed by atoms with van der Waals surface area (Å²) in [7, 11) is 0. The van der Waals surface area contributed by atoms with E-state index in [-0.39, 0.29) is 11.3 Å². The molecule has 0 saturated carbocycles. The van der Waals surface area contributed by atoms with Crippen molar-refractivity contribution in [2.24, 2.45) is 0 Å². The minimum absolute atomic E-state index is 0.116. The van der Waals surface area contributed by atoms with Crippen LogP contribution in [0.25, 0.3) is 15.8 Å². The monoisotopic (exact) mass is 326 g/mol. The first-order valence-corrected chi connectivity index (χ1v) is 7.84. The number of thiazole rings is 1. The van der Waals surface area contributed by atoms with Crippen LogP contribution < -0.4 is 0 Å². The predicted octanol–water partition coefficient (Wildman–Crippen LogP) is 5.07. The number of aliphatic hydroxyl groups is 1. The Morgan fingerprint density at radius 2 is 1.82 bits per heavy atom. The molecule has 22 heavy (non-hydrogen) atoms. The first-order chi connectivity index (χ1) is 10.7. The highest BCUT2D eigenvalue weighted by atomic mass is 35.5. The second-order valence-electron chi connectivity index (χ2n) is 4.63. The number of hydrogen-bond donors (Lipinski definition) is 1. The van der Waals surface area contributed by atoms with Gasteiger partial charge in [0.15, 0.2) is 0 Å². The molecule has 2 aromatic carbocycles. The van der Waals surface area contributed by atoms with E-state index in [4.69, 9.17) is 11.6 Å². The maximum absolute atomic E-state index is 10.4. The van der Waals surface area contributed by atoms with E-state index in [0.29, 0.717) is 5.01 Å². The molecule has 1 heterocycles. The van der Waals surface area contributed by atoms with Gasteiger partial charge in [-0.25, -0.2) is 4.98 Å². The van der Waals surface area contributed by atoms with Crippen LogP contribution in [0.5, 0.6) is 0 Å². The Bertz CT molecular complexity index is 847. The number of alkyl halides is 1. The highest BCUT2D eigenvalue weighted by molar-refractivity contribution is 7.19. The van der Waals surface area contributed by atoms with Gasteiger partial charge in [0.1, 0.15) is 27.8 Å². The van der Waals surface area contributed by atoms with Gasteiger partial charge in [-0.05, 0) is 17.7 Å². The van der Waals surface area contributed by atoms with Gasteiger partial charge in [-0.2, -0.15) is 5.26 Å². The topological polar surface area (TPSA) is 56.9 Å². The quantitative estimate of drug-likeness (QED) is 0.415. The minimum atomic E-state index is -0.775. The number of nitrogens with zero attached hydrogens (tertiary/aromatic N) is 2. The molecule has 5 heteroatoms. The van der Waals surface area contributed by atoms with Crippen LogP contribution in [-0.2, 0) is 0 Å². The van der Waals surface area contributed by atoms with Crippen LogP contribution in [0.2, 0.25) is 0 Å². The fourth-order valence-corrected chi connectivity index (χ4v) is 3.32. The summed E-state index contributed by atoms with van der Waals surface area (Å²) in [5, 5.41) is 19.5. The Kier molecular flexibility index (Phi) is 4.10. The Balaban J connectivity index is 2.07. The molecule has 1 atom stereocenters. The van der Waals surface area contributed by atoms with Gasteiger partial charge < -0.3 is 5.11 Å². The lowest BCUT2D eigenvalue weighted by molar-refractivity contribution is 0.397. The number of rotatable bonds is 3. The second kappa shape index (κ2) is 6.18. The van der Waals surface area contributed by atoms with Crippen molar-refractivity contribution in [1.29, 1.82) is 5.26 Å². The van der Waals surface area contributed by atoms with Gasteiger partial charge in [0.05, 0.1) is 10.2 Å². The normalized spacial score (nSPS) is 13.5. The third-order valence-corrected chi connectivity index (χ3v) is 4.72. The molecule has 3 aromatic rings. The van der Waals surface area contributed by atoms with Crippen molar-refractivity contribution < 1.29 is 5.11 Å². The maximum Gasteiger partial charge on any atom is 0.138 e. The van der Waals surface area contributed by atoms with E-state index in [1.165, 1.54) is 11.3 Å². The van der Waals surface area contributed by atoms with Crippen LogP contribution in [0.15, 0.2) is 60.4 Å². The number of aliphatic hydroxyl groups excluding tert-OH is 1. The maximum atomic E-state index is 10.4. The Morgan fingerprint density at radius 3 is 2.50 bits per heavy atom. The Hall–Kier alpha value is -2.35. The predicted molar refractivity (Wildman–Crippen MR) is 89.8 cm³/mol. The summed E-state index contributed by atoms with van der Waals surface area (Å²) in [5.74, 6) is -0.172. The fraction of sp³-hybridized carbons (Fsp3) is 0.0588. The fourth-order valence-electron chi connectivity index (χ4n) is 2.10. The van der Waals surface area contributed by atoms with Crippen molar-refractivity contribution in [2.75, 3.05) is 0 Å². The summed E-state index contributed by atoms with van der Waals surface area (Å²) in [4.78, 5) is 4.40. The largest absolute Gasteiger partial charge is 0.509 e. The summed E-state index contributed by atoms with van der Waals surface area (Å²) < 4.78 is 0.962. The van der Waals surface area contributed by atoms with E-state index >= 15 is 0 Å². The van der Waals surface area contributed by atoms with Crippen LogP contribution in [0.1, 0.15) is 15.9 Å². The van der Waals surface area contributed by atoms with Gasteiger partial charge in [0.2, 0.25) is 0 Å². The molecular weight excluding hydrogens is 316 g/mol. The summed E-state index contributed by atoms with van der Waals surface area (Å²) in [6.45, 7) is 0. The van der Waals surface area contributed by atoms with Gasteiger partial charge in [-0.3, -0.25) is 0 Å². The van der Waals surface area contributed by atoms with Crippen molar-refractivity contribution in [3.63, 3.8) is 0 Å². The third-order valence-electron chi connectivity index (χ3n) is 3.21. The summed E-state index contributed by atoms with van der Waals surface area (Å²) in [6, 6.07) is 18.8. The number of hydrogen-bond acceptors (Lipinski definition) is 4. The highest BCUT2D eigenvalue weighted by Gasteiger charge is 2.21. The Labute approximate surface area is 136 Å². The molecule has 1 aromatic heterocycles. The molecule has 0 aliphatic heterocycles. The number of fused-ring (bicyclic) bond motifs is 1. The average molecular weight is 327 g/mol. The molecule has 0 radical (unpaired) electrons. The van der Waals surface area contributed by atoms with Gasteiger partial charge in [-0.15, -0.1) is 22.9 Å². The molecule has 0 aliphatic rings. The first-order valence-electron chi connectivity index (χ1n) is 6.59. The zero-order chi connectivity index (χ0) is 15.5. The molecular formula is C17H11ClN2OS. The van der Waals surface area contributed by atoms with E-state index in [2.05, 4.69) is 4.98 Å². The molecule has 0 bridgehead atoms. The molecule has 0 fully saturated rings. The number of allylic oxidation sites excluding steroid dienone is 2. The molecule has 1 N–H and O–H groups in total. The zero-order valence-electron chi connectivity index (χ0n) is 11.4. The smallest absolute Gasteiger partial charge is 0.138 e. The first kappa shape index (κ1) is 14.6. The van der Waals surface area contributed by atoms with Crippen LogP contribution >= 0.6 is 22.9 Å². The molecule has 3 nitrogen and oxygen atoms in total. The highest BCUT2D eigenvalue weighted by Crippen LogP contribution is 2.34. The lowest BCUT2D eigenvalue weighted by Gasteiger charge is -2.10. The van der Waals surface area contributed by atoms with E-state index in [1.807, 2.05) is 48.5 Å². The molecule has 0 amide bonds. The van der Waals surface area contributed by atoms with Crippen LogP contribution in [0, 0.1) is 11.3 Å². The van der Waals surface area contributed by atoms with Crippen molar-refractivity contribution in [3.05, 3.63) is 70.9 Å². The molecule has 3 rings (SSSR count). The Morgan fingerprint density at radius 1 is 1.14 bits per heavy atom. The second-order valence-corrected chi connectivity index (χ2v) is 6.10. The van der Waals surface area contributed by atoms with E-state index in [0.717, 1.165) is 15.8 Å². The summed E-state index contributed by atoms with van der Waals surface area (Å²) in [6.07, 6.45) is 0. The number of para-hydroxylation sites is 1. The van der Waals surface area contributed by atoms with Gasteiger partial charge >= 0.3 is 0 Å². The zero-order valence-corrected chi connectivity index (χ0v) is 13.0. The molecule has 108 valence electrons. The summed E-state index contributed by atoms with van der Waals surface area (Å²) in [5.41, 5.74) is 1.65. The lowest BCUT2D eigenvalue weighted by Crippen LogP contribution is -1.98. The molecule has 0 unspecified atom stereocenters. The van der Waals surface area contributed by atoms with Crippen LogP contribution in [-0.4, -0.2) is 10.1 Å². The minimum Gasteiger partial charge on any atom is -0.509 e. The lowest BCUT2D eigenvalue weighted by atomic mass is 10.1. The van der Waals surface area contributed by atoms with E-state index in [1.54, 1.807) is 12.1 Å². The molecule has 0 saturated heterocycles. The standard InChI is InChI=1S/C17H11ClN2OS/c18-15(11-6-2-1-3-7-11)16(21)12(10-19)17-20-13-8-4-5-9-14(13)22-17/h1-9,15,21H/t15-/m0/s1. The average Bonchev–Trinajstić information content (AvgIpc) is 2.99. The van der Waals surface area contributed by atoms with Gasteiger partial charge in [-0.1, -0.05) is 42.5 Å². The van der Waals surface area contributed by atoms with Crippen molar-refractivity contribution in [2.45, 2.75) is 5.38 Å². The summed E-state index contributed by atoms with van der Waals surface area (Å²) >= 11 is 7.66. The van der Waals surface area contributed by atoms with Crippen molar-refractivity contribution >= 4 is 38.7 Å². The number of benzene rings is 2. The van der Waals surface area contributed by atoms with E-state index in [9.17, 15) is 10.4 Å². The molecule has 0 aliphatic carbocycles. The number of halogens is 1. The van der Waals surface area contributed by atoms with Crippen LogP contribution in [0.4, 0.5) is 0 Å². The van der Waals surface area contributed by atoms with Crippen molar-refractivity contribution in [3.8, 4) is 6.07 Å². The van der Waals surface area contributed by atoms with Crippen LogP contribution in [0.3, 0.4) is 0 Å². The number of aromatic nitrogens is 1. The number of nitriles is 1. The van der Waals surface area contributed by atoms with Crippen molar-refractivity contribution in [1.82, 2.24) is 4.98 Å². The van der Waals surface area contributed by atoms with E-state index < -0.39 is 5.38 Å². The molecule has 0 spiro atoms. The van der Waals surface area contributed by atoms with Gasteiger partial charge in [0, 0.05) is 0 Å². The van der Waals surface area contributed by atoms with Gasteiger partial charge in [0.25, 0.3) is 0 Å².